The number of aromatic nitrogens is 2. The second-order valence-electron chi connectivity index (χ2n) is 6.35. The second kappa shape index (κ2) is 8.28. The third-order valence-corrected chi connectivity index (χ3v) is 5.39. The standard InChI is InChI=1S/C20H20N4O2S/c25-20(24-15-8-9-26-17(11-15)18-7-4-10-27-18)16-12-19(22-13-21-16)23-14-5-2-1-3-6-14/h1-7,10,12-13,15,17H,8-9,11H2,(H,24,25)(H,21,22,23). The highest BCUT2D eigenvalue weighted by Crippen LogP contribution is 2.31. The topological polar surface area (TPSA) is 76.1 Å². The van der Waals surface area contributed by atoms with Crippen molar-refractivity contribution < 1.29 is 9.53 Å². The fourth-order valence-electron chi connectivity index (χ4n) is 3.08. The van der Waals surface area contributed by atoms with Crippen LogP contribution in [0.5, 0.6) is 0 Å². The van der Waals surface area contributed by atoms with E-state index in [2.05, 4.69) is 26.7 Å². The van der Waals surface area contributed by atoms with Crippen LogP contribution in [0.1, 0.15) is 34.3 Å². The van der Waals surface area contributed by atoms with Crippen molar-refractivity contribution in [2.45, 2.75) is 25.0 Å². The van der Waals surface area contributed by atoms with Crippen LogP contribution in [-0.2, 0) is 4.74 Å². The van der Waals surface area contributed by atoms with E-state index in [1.807, 2.05) is 41.8 Å². The average molecular weight is 380 g/mol. The number of carbonyl (C=O) groups excluding carboxylic acids is 1. The van der Waals surface area contributed by atoms with Crippen molar-refractivity contribution in [2.75, 3.05) is 11.9 Å². The highest BCUT2D eigenvalue weighted by Gasteiger charge is 2.26. The molecular formula is C20H20N4O2S. The van der Waals surface area contributed by atoms with Gasteiger partial charge in [0.25, 0.3) is 5.91 Å². The number of benzene rings is 1. The number of nitrogens with zero attached hydrogens (tertiary/aromatic N) is 2. The number of carbonyl (C=O) groups is 1. The summed E-state index contributed by atoms with van der Waals surface area (Å²) in [4.78, 5) is 22.2. The Morgan fingerprint density at radius 2 is 2.04 bits per heavy atom. The SMILES string of the molecule is O=C(NC1CCOC(c2cccs2)C1)c1cc(Nc2ccccc2)ncn1. The maximum Gasteiger partial charge on any atom is 0.270 e. The van der Waals surface area contributed by atoms with E-state index in [-0.39, 0.29) is 18.1 Å². The molecule has 2 atom stereocenters. The van der Waals surface area contributed by atoms with Crippen LogP contribution in [0.3, 0.4) is 0 Å². The molecule has 1 aromatic carbocycles. The van der Waals surface area contributed by atoms with Crippen LogP contribution in [0.15, 0.2) is 60.2 Å². The molecule has 4 rings (SSSR count). The maximum absolute atomic E-state index is 12.6. The molecule has 2 aromatic heterocycles. The molecule has 1 aliphatic heterocycles. The molecule has 2 N–H and O–H groups in total. The maximum atomic E-state index is 12.6. The Kier molecular flexibility index (Phi) is 5.41. The third-order valence-electron chi connectivity index (χ3n) is 4.43. The normalized spacial score (nSPS) is 19.4. The molecule has 7 heteroatoms. The van der Waals surface area contributed by atoms with Crippen LogP contribution in [0.2, 0.25) is 0 Å². The fourth-order valence-corrected chi connectivity index (χ4v) is 3.87. The number of para-hydroxylation sites is 1. The zero-order valence-corrected chi connectivity index (χ0v) is 15.5. The summed E-state index contributed by atoms with van der Waals surface area (Å²) >= 11 is 1.68. The third kappa shape index (κ3) is 4.50. The minimum atomic E-state index is -0.189. The lowest BCUT2D eigenvalue weighted by atomic mass is 10.0. The molecule has 2 unspecified atom stereocenters. The number of anilines is 2. The van der Waals surface area contributed by atoms with Crippen LogP contribution in [0, 0.1) is 0 Å². The Morgan fingerprint density at radius 3 is 2.85 bits per heavy atom. The molecule has 0 aliphatic carbocycles. The smallest absolute Gasteiger partial charge is 0.270 e. The highest BCUT2D eigenvalue weighted by molar-refractivity contribution is 7.10. The molecule has 0 spiro atoms. The number of ether oxygens (including phenoxy) is 1. The predicted molar refractivity (Wildman–Crippen MR) is 105 cm³/mol. The van der Waals surface area contributed by atoms with Gasteiger partial charge in [0.2, 0.25) is 0 Å². The zero-order valence-electron chi connectivity index (χ0n) is 14.7. The summed E-state index contributed by atoms with van der Waals surface area (Å²) in [5.74, 6) is 0.398. The monoisotopic (exact) mass is 380 g/mol. The number of nitrogens with one attached hydrogen (secondary N) is 2. The molecule has 0 saturated carbocycles. The first-order valence-electron chi connectivity index (χ1n) is 8.88. The molecule has 6 nitrogen and oxygen atoms in total. The Bertz CT molecular complexity index is 886. The second-order valence-corrected chi connectivity index (χ2v) is 7.33. The van der Waals surface area contributed by atoms with Gasteiger partial charge in [-0.15, -0.1) is 11.3 Å². The lowest BCUT2D eigenvalue weighted by Gasteiger charge is -2.29. The van der Waals surface area contributed by atoms with Gasteiger partial charge in [0.05, 0.1) is 6.10 Å². The molecule has 1 fully saturated rings. The summed E-state index contributed by atoms with van der Waals surface area (Å²) in [6, 6.07) is 15.5. The first-order chi connectivity index (χ1) is 13.3. The van der Waals surface area contributed by atoms with Crippen molar-refractivity contribution in [3.05, 3.63) is 70.8 Å². The lowest BCUT2D eigenvalue weighted by Crippen LogP contribution is -2.40. The van der Waals surface area contributed by atoms with Gasteiger partial charge in [0, 0.05) is 29.3 Å². The molecule has 3 heterocycles. The van der Waals surface area contributed by atoms with Crippen molar-refractivity contribution in [1.29, 1.82) is 0 Å². The van der Waals surface area contributed by atoms with E-state index in [9.17, 15) is 4.79 Å². The summed E-state index contributed by atoms with van der Waals surface area (Å²) in [6.45, 7) is 0.637. The van der Waals surface area contributed by atoms with Crippen LogP contribution >= 0.6 is 11.3 Å². The van der Waals surface area contributed by atoms with E-state index in [0.29, 0.717) is 18.1 Å². The largest absolute Gasteiger partial charge is 0.373 e. The van der Waals surface area contributed by atoms with E-state index in [4.69, 9.17) is 4.74 Å². The van der Waals surface area contributed by atoms with Crippen molar-refractivity contribution in [3.8, 4) is 0 Å². The zero-order chi connectivity index (χ0) is 18.5. The van der Waals surface area contributed by atoms with Crippen molar-refractivity contribution >= 4 is 28.7 Å². The predicted octanol–water partition coefficient (Wildman–Crippen LogP) is 3.93. The van der Waals surface area contributed by atoms with Gasteiger partial charge in [0.15, 0.2) is 0 Å². The van der Waals surface area contributed by atoms with Gasteiger partial charge in [-0.3, -0.25) is 4.79 Å². The van der Waals surface area contributed by atoms with E-state index in [1.165, 1.54) is 11.2 Å². The molecule has 138 valence electrons. The number of hydrogen-bond donors (Lipinski definition) is 2. The van der Waals surface area contributed by atoms with Crippen LogP contribution in [0.4, 0.5) is 11.5 Å². The van der Waals surface area contributed by atoms with E-state index < -0.39 is 0 Å². The number of hydrogen-bond acceptors (Lipinski definition) is 6. The molecule has 1 saturated heterocycles. The lowest BCUT2D eigenvalue weighted by molar-refractivity contribution is 0.00293. The Morgan fingerprint density at radius 1 is 1.15 bits per heavy atom. The first-order valence-corrected chi connectivity index (χ1v) is 9.76. The first kappa shape index (κ1) is 17.6. The summed E-state index contributed by atoms with van der Waals surface area (Å²) in [5.41, 5.74) is 1.26. The molecule has 1 amide bonds. The molecular weight excluding hydrogens is 360 g/mol. The Balaban J connectivity index is 1.40. The van der Waals surface area contributed by atoms with Crippen LogP contribution in [-0.4, -0.2) is 28.5 Å². The Hall–Kier alpha value is -2.77. The Labute approximate surface area is 161 Å². The molecule has 1 aliphatic rings. The van der Waals surface area contributed by atoms with Gasteiger partial charge in [0.1, 0.15) is 17.8 Å². The minimum Gasteiger partial charge on any atom is -0.373 e. The summed E-state index contributed by atoms with van der Waals surface area (Å²) in [5, 5.41) is 8.31. The molecule has 0 radical (unpaired) electrons. The van der Waals surface area contributed by atoms with Crippen molar-refractivity contribution in [3.63, 3.8) is 0 Å². The summed E-state index contributed by atoms with van der Waals surface area (Å²) < 4.78 is 5.85. The van der Waals surface area contributed by atoms with Gasteiger partial charge in [-0.1, -0.05) is 24.3 Å². The number of thiophene rings is 1. The summed E-state index contributed by atoms with van der Waals surface area (Å²) in [7, 11) is 0. The summed E-state index contributed by atoms with van der Waals surface area (Å²) in [6.07, 6.45) is 3.02. The quantitative estimate of drug-likeness (QED) is 0.701. The van der Waals surface area contributed by atoms with Gasteiger partial charge in [-0.05, 0) is 36.4 Å². The van der Waals surface area contributed by atoms with Crippen molar-refractivity contribution in [1.82, 2.24) is 15.3 Å². The molecule has 3 aromatic rings. The van der Waals surface area contributed by atoms with E-state index in [0.717, 1.165) is 18.5 Å². The van der Waals surface area contributed by atoms with Crippen LogP contribution < -0.4 is 10.6 Å². The minimum absolute atomic E-state index is 0.0461. The van der Waals surface area contributed by atoms with Crippen LogP contribution in [0.25, 0.3) is 0 Å². The average Bonchev–Trinajstić information content (AvgIpc) is 3.24. The van der Waals surface area contributed by atoms with Gasteiger partial charge in [-0.25, -0.2) is 9.97 Å². The highest BCUT2D eigenvalue weighted by atomic mass is 32.1. The van der Waals surface area contributed by atoms with E-state index >= 15 is 0 Å². The fraction of sp³-hybridized carbons (Fsp3) is 0.250. The molecule has 27 heavy (non-hydrogen) atoms. The van der Waals surface area contributed by atoms with Gasteiger partial charge < -0.3 is 15.4 Å². The number of amides is 1. The van der Waals surface area contributed by atoms with Gasteiger partial charge >= 0.3 is 0 Å². The molecule has 0 bridgehead atoms. The van der Waals surface area contributed by atoms with Crippen molar-refractivity contribution in [2.24, 2.45) is 0 Å². The van der Waals surface area contributed by atoms with Gasteiger partial charge in [-0.2, -0.15) is 0 Å². The van der Waals surface area contributed by atoms with E-state index in [1.54, 1.807) is 17.4 Å². The number of rotatable bonds is 5.